The average molecular weight is 360 g/mol. The zero-order valence-electron chi connectivity index (χ0n) is 14.3. The minimum absolute atomic E-state index is 0.197. The molecule has 1 unspecified atom stereocenters. The molecule has 0 bridgehead atoms. The number of nitrogens with one attached hydrogen (secondary N) is 1. The minimum Gasteiger partial charge on any atom is -0.355 e. The summed E-state index contributed by atoms with van der Waals surface area (Å²) in [5, 5.41) is 15.1. The third-order valence-corrected chi connectivity index (χ3v) is 4.01. The van der Waals surface area contributed by atoms with Crippen molar-refractivity contribution < 1.29 is 9.32 Å². The molecule has 8 heteroatoms. The molecular weight excluding hydrogens is 344 g/mol. The molecule has 0 spiro atoms. The van der Waals surface area contributed by atoms with Gasteiger partial charge in [-0.15, -0.1) is 0 Å². The van der Waals surface area contributed by atoms with Crippen molar-refractivity contribution >= 4 is 5.91 Å². The normalized spacial score (nSPS) is 11.9. The topological polar surface area (TPSA) is 98.7 Å². The van der Waals surface area contributed by atoms with Crippen molar-refractivity contribution in [2.24, 2.45) is 0 Å². The number of benzene rings is 1. The van der Waals surface area contributed by atoms with Crippen LogP contribution in [0.15, 0.2) is 77.8 Å². The molecule has 0 fully saturated rings. The smallest absolute Gasteiger partial charge is 0.274 e. The van der Waals surface area contributed by atoms with Crippen molar-refractivity contribution in [2.45, 2.75) is 12.6 Å². The maximum atomic E-state index is 12.7. The second-order valence-corrected chi connectivity index (χ2v) is 5.84. The lowest BCUT2D eigenvalue weighted by Crippen LogP contribution is -2.32. The molecule has 0 aliphatic rings. The lowest BCUT2D eigenvalue weighted by Gasteiger charge is -2.18. The monoisotopic (exact) mass is 360 g/mol. The van der Waals surface area contributed by atoms with Gasteiger partial charge in [-0.3, -0.25) is 9.78 Å². The predicted octanol–water partition coefficient (Wildman–Crippen LogP) is 2.50. The van der Waals surface area contributed by atoms with Gasteiger partial charge >= 0.3 is 0 Å². The van der Waals surface area contributed by atoms with Crippen LogP contribution in [0.5, 0.6) is 0 Å². The number of amides is 1. The van der Waals surface area contributed by atoms with Gasteiger partial charge in [0.05, 0.1) is 25.0 Å². The van der Waals surface area contributed by atoms with E-state index < -0.39 is 0 Å². The highest BCUT2D eigenvalue weighted by Gasteiger charge is 2.20. The molecule has 0 saturated heterocycles. The summed E-state index contributed by atoms with van der Waals surface area (Å²) >= 11 is 0. The maximum Gasteiger partial charge on any atom is 0.274 e. The Kier molecular flexibility index (Phi) is 4.69. The Bertz CT molecular complexity index is 999. The molecule has 0 aliphatic heterocycles. The minimum atomic E-state index is -0.338. The molecule has 1 atom stereocenters. The van der Waals surface area contributed by atoms with Crippen LogP contribution in [-0.4, -0.2) is 31.0 Å². The average Bonchev–Trinajstić information content (AvgIpc) is 3.41. The number of pyridine rings is 1. The lowest BCUT2D eigenvalue weighted by atomic mass is 10.1. The van der Waals surface area contributed by atoms with Crippen LogP contribution in [0.25, 0.3) is 11.3 Å². The van der Waals surface area contributed by atoms with Gasteiger partial charge in [0, 0.05) is 24.0 Å². The molecular formula is C19H16N6O2. The Labute approximate surface area is 154 Å². The molecule has 0 radical (unpaired) electrons. The van der Waals surface area contributed by atoms with Crippen molar-refractivity contribution in [3.8, 4) is 11.3 Å². The van der Waals surface area contributed by atoms with Gasteiger partial charge in [-0.2, -0.15) is 15.0 Å². The van der Waals surface area contributed by atoms with Crippen LogP contribution in [-0.2, 0) is 6.54 Å². The molecule has 1 aromatic carbocycles. The maximum absolute atomic E-state index is 12.7. The van der Waals surface area contributed by atoms with Gasteiger partial charge in [0.1, 0.15) is 0 Å². The Hall–Kier alpha value is -3.81. The Morgan fingerprint density at radius 1 is 1.07 bits per heavy atom. The highest BCUT2D eigenvalue weighted by Crippen LogP contribution is 2.20. The van der Waals surface area contributed by atoms with Crippen molar-refractivity contribution in [2.75, 3.05) is 0 Å². The van der Waals surface area contributed by atoms with Crippen molar-refractivity contribution in [1.82, 2.24) is 30.5 Å². The van der Waals surface area contributed by atoms with Crippen molar-refractivity contribution in [1.29, 1.82) is 0 Å². The van der Waals surface area contributed by atoms with Gasteiger partial charge in [-0.1, -0.05) is 35.5 Å². The van der Waals surface area contributed by atoms with E-state index in [0.29, 0.717) is 12.3 Å². The molecule has 0 saturated carbocycles. The van der Waals surface area contributed by atoms with E-state index in [1.165, 1.54) is 4.80 Å². The standard InChI is InChI=1S/C19H16N6O2/c26-19(16-11-18(27-24-16)15-7-4-8-20-12-15)23-17(13-25-21-9-10-22-25)14-5-2-1-3-6-14/h1-12,17H,13H2,(H,23,26). The van der Waals surface area contributed by atoms with E-state index in [2.05, 4.69) is 25.7 Å². The fraction of sp³-hybridized carbons (Fsp3) is 0.105. The van der Waals surface area contributed by atoms with Crippen molar-refractivity contribution in [3.63, 3.8) is 0 Å². The summed E-state index contributed by atoms with van der Waals surface area (Å²) in [6.45, 7) is 0.399. The third-order valence-electron chi connectivity index (χ3n) is 4.01. The zero-order chi connectivity index (χ0) is 18.5. The summed E-state index contributed by atoms with van der Waals surface area (Å²) in [4.78, 5) is 18.3. The van der Waals surface area contributed by atoms with Gasteiger partial charge in [0.15, 0.2) is 11.5 Å². The molecule has 1 N–H and O–H groups in total. The predicted molar refractivity (Wildman–Crippen MR) is 96.4 cm³/mol. The van der Waals surface area contributed by atoms with Crippen LogP contribution >= 0.6 is 0 Å². The van der Waals surface area contributed by atoms with Crippen LogP contribution < -0.4 is 5.32 Å². The van der Waals surface area contributed by atoms with Crippen LogP contribution in [0.3, 0.4) is 0 Å². The summed E-state index contributed by atoms with van der Waals surface area (Å²) in [6, 6.07) is 14.6. The number of carbonyl (C=O) groups excluding carboxylic acids is 1. The zero-order valence-corrected chi connectivity index (χ0v) is 14.3. The van der Waals surface area contributed by atoms with E-state index >= 15 is 0 Å². The van der Waals surface area contributed by atoms with E-state index in [9.17, 15) is 4.79 Å². The number of aromatic nitrogens is 5. The first-order valence-corrected chi connectivity index (χ1v) is 8.36. The number of hydrogen-bond acceptors (Lipinski definition) is 6. The van der Waals surface area contributed by atoms with Crippen LogP contribution in [0.2, 0.25) is 0 Å². The van der Waals surface area contributed by atoms with Gasteiger partial charge in [0.25, 0.3) is 5.91 Å². The van der Waals surface area contributed by atoms with Gasteiger partial charge in [-0.05, 0) is 17.7 Å². The molecule has 134 valence electrons. The first-order chi connectivity index (χ1) is 13.3. The Morgan fingerprint density at radius 3 is 2.63 bits per heavy atom. The van der Waals surface area contributed by atoms with Crippen LogP contribution in [0, 0.1) is 0 Å². The number of hydrogen-bond donors (Lipinski definition) is 1. The fourth-order valence-electron chi connectivity index (χ4n) is 2.68. The van der Waals surface area contributed by atoms with Gasteiger partial charge < -0.3 is 9.84 Å². The third kappa shape index (κ3) is 3.90. The van der Waals surface area contributed by atoms with E-state index in [4.69, 9.17) is 4.52 Å². The van der Waals surface area contributed by atoms with Gasteiger partial charge in [-0.25, -0.2) is 0 Å². The highest BCUT2D eigenvalue weighted by molar-refractivity contribution is 5.93. The van der Waals surface area contributed by atoms with E-state index in [1.54, 1.807) is 36.9 Å². The van der Waals surface area contributed by atoms with E-state index in [0.717, 1.165) is 11.1 Å². The molecule has 3 heterocycles. The second-order valence-electron chi connectivity index (χ2n) is 5.84. The quantitative estimate of drug-likeness (QED) is 0.567. The van der Waals surface area contributed by atoms with Crippen LogP contribution in [0.4, 0.5) is 0 Å². The number of rotatable bonds is 6. The number of nitrogens with zero attached hydrogens (tertiary/aromatic N) is 5. The molecule has 0 aliphatic carbocycles. The Morgan fingerprint density at radius 2 is 1.89 bits per heavy atom. The molecule has 4 aromatic rings. The highest BCUT2D eigenvalue weighted by atomic mass is 16.5. The van der Waals surface area contributed by atoms with Gasteiger partial charge in [0.2, 0.25) is 0 Å². The molecule has 8 nitrogen and oxygen atoms in total. The summed E-state index contributed by atoms with van der Waals surface area (Å²) in [5.41, 5.74) is 1.90. The Balaban J connectivity index is 1.54. The SMILES string of the molecule is O=C(NC(Cn1nccn1)c1ccccc1)c1cc(-c2cccnc2)on1. The summed E-state index contributed by atoms with van der Waals surface area (Å²) in [6.07, 6.45) is 6.52. The fourth-order valence-corrected chi connectivity index (χ4v) is 2.68. The summed E-state index contributed by atoms with van der Waals surface area (Å²) < 4.78 is 5.28. The molecule has 1 amide bonds. The summed E-state index contributed by atoms with van der Waals surface area (Å²) in [7, 11) is 0. The molecule has 4 rings (SSSR count). The number of carbonyl (C=O) groups is 1. The van der Waals surface area contributed by atoms with E-state index in [-0.39, 0.29) is 17.6 Å². The first-order valence-electron chi connectivity index (χ1n) is 8.36. The van der Waals surface area contributed by atoms with Crippen LogP contribution in [0.1, 0.15) is 22.1 Å². The largest absolute Gasteiger partial charge is 0.355 e. The summed E-state index contributed by atoms with van der Waals surface area (Å²) in [5.74, 6) is 0.146. The lowest BCUT2D eigenvalue weighted by molar-refractivity contribution is 0.0921. The molecule has 3 aromatic heterocycles. The van der Waals surface area contributed by atoms with Crippen molar-refractivity contribution in [3.05, 3.63) is 84.6 Å². The molecule has 27 heavy (non-hydrogen) atoms. The van der Waals surface area contributed by atoms with E-state index in [1.807, 2.05) is 36.4 Å². The second kappa shape index (κ2) is 7.61. The first kappa shape index (κ1) is 16.6.